The molecule has 0 unspecified atom stereocenters. The van der Waals surface area contributed by atoms with Crippen molar-refractivity contribution in [3.8, 4) is 5.75 Å². The molecule has 0 aliphatic heterocycles. The molecule has 2 bridgehead atoms. The van der Waals surface area contributed by atoms with Crippen LogP contribution in [-0.4, -0.2) is 31.6 Å². The van der Waals surface area contributed by atoms with Gasteiger partial charge in [-0.05, 0) is 68.5 Å². The van der Waals surface area contributed by atoms with Crippen LogP contribution in [0.4, 0.5) is 0 Å². The van der Waals surface area contributed by atoms with Gasteiger partial charge in [-0.2, -0.15) is 0 Å². The lowest BCUT2D eigenvalue weighted by Crippen LogP contribution is -2.56. The molecule has 0 N–H and O–H groups in total. The second kappa shape index (κ2) is 8.12. The fourth-order valence-electron chi connectivity index (χ4n) is 5.68. The normalized spacial score (nSPS) is 29.0. The van der Waals surface area contributed by atoms with Gasteiger partial charge in [-0.3, -0.25) is 0 Å². The fraction of sp³-hybridized carbons (Fsp3) is 0.739. The zero-order chi connectivity index (χ0) is 17.9. The van der Waals surface area contributed by atoms with Gasteiger partial charge in [0.15, 0.2) is 0 Å². The third-order valence-electron chi connectivity index (χ3n) is 6.87. The molecule has 0 radical (unpaired) electrons. The Labute approximate surface area is 154 Å². The predicted octanol–water partition coefficient (Wildman–Crippen LogP) is 5.58. The molecule has 0 saturated heterocycles. The molecule has 3 atom stereocenters. The standard InChI is InChI=1S/C23H37NO/c1-5-6-10-15-24(3)22-19-11-8-7-9-14-23(22,2)21-17-20(25-4)13-12-18(21)16-19/h12-13,17,19,22H,5-11,14-16H2,1-4H3/t19-,22-,23+/m0/s1. The molecule has 1 aromatic carbocycles. The van der Waals surface area contributed by atoms with Gasteiger partial charge in [0, 0.05) is 11.5 Å². The number of rotatable bonds is 6. The summed E-state index contributed by atoms with van der Waals surface area (Å²) in [5.74, 6) is 1.82. The van der Waals surface area contributed by atoms with E-state index in [0.717, 1.165) is 11.7 Å². The highest BCUT2D eigenvalue weighted by Gasteiger charge is 2.47. The molecule has 25 heavy (non-hydrogen) atoms. The Morgan fingerprint density at radius 1 is 1.20 bits per heavy atom. The van der Waals surface area contributed by atoms with E-state index in [0.29, 0.717) is 6.04 Å². The number of likely N-dealkylation sites (N-methyl/N-ethyl adjacent to an activating group) is 1. The molecule has 0 spiro atoms. The monoisotopic (exact) mass is 343 g/mol. The maximum atomic E-state index is 5.58. The first-order chi connectivity index (χ1) is 12.1. The first-order valence-corrected chi connectivity index (χ1v) is 10.5. The highest BCUT2D eigenvalue weighted by molar-refractivity contribution is 5.44. The summed E-state index contributed by atoms with van der Waals surface area (Å²) in [4.78, 5) is 2.72. The Morgan fingerprint density at radius 3 is 2.80 bits per heavy atom. The number of fused-ring (bicyclic) bond motifs is 4. The summed E-state index contributed by atoms with van der Waals surface area (Å²) < 4.78 is 5.58. The number of hydrogen-bond donors (Lipinski definition) is 0. The Kier molecular flexibility index (Phi) is 6.09. The van der Waals surface area contributed by atoms with Gasteiger partial charge >= 0.3 is 0 Å². The zero-order valence-corrected chi connectivity index (χ0v) is 16.8. The van der Waals surface area contributed by atoms with Crippen molar-refractivity contribution < 1.29 is 4.74 Å². The maximum absolute atomic E-state index is 5.58. The molecule has 0 amide bonds. The number of benzene rings is 1. The van der Waals surface area contributed by atoms with Crippen molar-refractivity contribution in [1.29, 1.82) is 0 Å². The van der Waals surface area contributed by atoms with Gasteiger partial charge in [-0.15, -0.1) is 0 Å². The Hall–Kier alpha value is -1.02. The maximum Gasteiger partial charge on any atom is 0.119 e. The predicted molar refractivity (Wildman–Crippen MR) is 107 cm³/mol. The van der Waals surface area contributed by atoms with Crippen LogP contribution in [0.25, 0.3) is 0 Å². The third kappa shape index (κ3) is 3.74. The largest absolute Gasteiger partial charge is 0.497 e. The SMILES string of the molecule is CCCCCN(C)[C@H]1[C@H]2CCCCC[C@]1(C)c1cc(OC)ccc1C2. The molecule has 2 heteroatoms. The number of ether oxygens (including phenoxy) is 1. The van der Waals surface area contributed by atoms with E-state index in [2.05, 4.69) is 44.0 Å². The first kappa shape index (κ1) is 18.8. The summed E-state index contributed by atoms with van der Waals surface area (Å²) in [5.41, 5.74) is 3.40. The van der Waals surface area contributed by atoms with E-state index in [1.165, 1.54) is 64.3 Å². The molecule has 0 aromatic heterocycles. The van der Waals surface area contributed by atoms with E-state index < -0.39 is 0 Å². The van der Waals surface area contributed by atoms with Crippen LogP contribution in [0.1, 0.15) is 76.3 Å². The van der Waals surface area contributed by atoms with Crippen molar-refractivity contribution >= 4 is 0 Å². The van der Waals surface area contributed by atoms with E-state index >= 15 is 0 Å². The highest BCUT2D eigenvalue weighted by Crippen LogP contribution is 2.49. The molecule has 2 aliphatic carbocycles. The summed E-state index contributed by atoms with van der Waals surface area (Å²) >= 11 is 0. The summed E-state index contributed by atoms with van der Waals surface area (Å²) in [6, 6.07) is 7.52. The van der Waals surface area contributed by atoms with Gasteiger partial charge in [0.2, 0.25) is 0 Å². The van der Waals surface area contributed by atoms with E-state index in [4.69, 9.17) is 4.74 Å². The van der Waals surface area contributed by atoms with Crippen molar-refractivity contribution in [2.24, 2.45) is 5.92 Å². The van der Waals surface area contributed by atoms with E-state index in [1.807, 2.05) is 0 Å². The molecule has 2 nitrogen and oxygen atoms in total. The molecule has 2 aliphatic rings. The van der Waals surface area contributed by atoms with Crippen molar-refractivity contribution in [2.75, 3.05) is 20.7 Å². The first-order valence-electron chi connectivity index (χ1n) is 10.5. The lowest BCUT2D eigenvalue weighted by Gasteiger charge is -2.52. The van der Waals surface area contributed by atoms with Crippen LogP contribution >= 0.6 is 0 Å². The third-order valence-corrected chi connectivity index (χ3v) is 6.87. The average Bonchev–Trinajstić information content (AvgIpc) is 2.60. The minimum Gasteiger partial charge on any atom is -0.497 e. The number of hydrogen-bond acceptors (Lipinski definition) is 2. The Bertz CT molecular complexity index is 569. The van der Waals surface area contributed by atoms with Crippen LogP contribution in [0.3, 0.4) is 0 Å². The van der Waals surface area contributed by atoms with Crippen LogP contribution in [0.5, 0.6) is 5.75 Å². The smallest absolute Gasteiger partial charge is 0.119 e. The molecular weight excluding hydrogens is 306 g/mol. The van der Waals surface area contributed by atoms with Crippen LogP contribution in [0.15, 0.2) is 18.2 Å². The molecule has 1 aromatic rings. The van der Waals surface area contributed by atoms with Crippen molar-refractivity contribution in [3.05, 3.63) is 29.3 Å². The quantitative estimate of drug-likeness (QED) is 0.625. The van der Waals surface area contributed by atoms with Crippen LogP contribution in [0, 0.1) is 5.92 Å². The molecule has 1 saturated carbocycles. The summed E-state index contributed by atoms with van der Waals surface area (Å²) in [6.45, 7) is 6.09. The van der Waals surface area contributed by atoms with Gasteiger partial charge in [0.1, 0.15) is 5.75 Å². The molecule has 1 fully saturated rings. The fourth-order valence-corrected chi connectivity index (χ4v) is 5.68. The zero-order valence-electron chi connectivity index (χ0n) is 16.8. The van der Waals surface area contributed by atoms with Crippen molar-refractivity contribution in [2.45, 2.75) is 83.1 Å². The van der Waals surface area contributed by atoms with E-state index in [9.17, 15) is 0 Å². The minimum absolute atomic E-state index is 0.258. The van der Waals surface area contributed by atoms with Crippen molar-refractivity contribution in [3.63, 3.8) is 0 Å². The van der Waals surface area contributed by atoms with Gasteiger partial charge in [-0.1, -0.05) is 52.0 Å². The second-order valence-electron chi connectivity index (χ2n) is 8.64. The van der Waals surface area contributed by atoms with Crippen molar-refractivity contribution in [1.82, 2.24) is 4.90 Å². The second-order valence-corrected chi connectivity index (χ2v) is 8.64. The molecule has 3 rings (SSSR count). The average molecular weight is 344 g/mol. The number of methoxy groups -OCH3 is 1. The lowest BCUT2D eigenvalue weighted by molar-refractivity contribution is 0.0631. The molecular formula is C23H37NO. The van der Waals surface area contributed by atoms with Crippen LogP contribution in [-0.2, 0) is 11.8 Å². The molecule has 140 valence electrons. The Morgan fingerprint density at radius 2 is 2.04 bits per heavy atom. The summed E-state index contributed by atoms with van der Waals surface area (Å²) in [7, 11) is 4.18. The minimum atomic E-state index is 0.258. The highest BCUT2D eigenvalue weighted by atomic mass is 16.5. The lowest BCUT2D eigenvalue weighted by atomic mass is 9.59. The van der Waals surface area contributed by atoms with Gasteiger partial charge in [0.25, 0.3) is 0 Å². The van der Waals surface area contributed by atoms with E-state index in [-0.39, 0.29) is 5.41 Å². The van der Waals surface area contributed by atoms with Gasteiger partial charge in [0.05, 0.1) is 7.11 Å². The summed E-state index contributed by atoms with van der Waals surface area (Å²) in [5, 5.41) is 0. The van der Waals surface area contributed by atoms with Gasteiger partial charge < -0.3 is 9.64 Å². The topological polar surface area (TPSA) is 12.5 Å². The van der Waals surface area contributed by atoms with Crippen LogP contribution in [0.2, 0.25) is 0 Å². The summed E-state index contributed by atoms with van der Waals surface area (Å²) in [6.07, 6.45) is 12.1. The number of nitrogens with zero attached hydrogens (tertiary/aromatic N) is 1. The van der Waals surface area contributed by atoms with Crippen LogP contribution < -0.4 is 4.74 Å². The number of unbranched alkanes of at least 4 members (excludes halogenated alkanes) is 2. The van der Waals surface area contributed by atoms with Gasteiger partial charge in [-0.25, -0.2) is 0 Å². The molecule has 0 heterocycles. The Balaban J connectivity index is 1.97. The van der Waals surface area contributed by atoms with E-state index in [1.54, 1.807) is 18.2 Å².